The molecular weight excluding hydrogens is 332 g/mol. The van der Waals surface area contributed by atoms with Crippen molar-refractivity contribution in [1.82, 2.24) is 4.98 Å². The van der Waals surface area contributed by atoms with Crippen LogP contribution in [0.5, 0.6) is 5.75 Å². The van der Waals surface area contributed by atoms with Crippen LogP contribution in [0.15, 0.2) is 47.2 Å². The molecule has 2 rings (SSSR count). The van der Waals surface area contributed by atoms with Gasteiger partial charge in [0.1, 0.15) is 12.4 Å². The molecule has 1 amide bonds. The van der Waals surface area contributed by atoms with E-state index in [1.54, 1.807) is 48.5 Å². The van der Waals surface area contributed by atoms with Gasteiger partial charge in [0.2, 0.25) is 0 Å². The number of terminal acetylenes is 1. The van der Waals surface area contributed by atoms with Crippen LogP contribution in [0.25, 0.3) is 0 Å². The van der Waals surface area contributed by atoms with Gasteiger partial charge in [0.25, 0.3) is 5.91 Å². The van der Waals surface area contributed by atoms with Crippen molar-refractivity contribution in [2.75, 3.05) is 18.6 Å². The Labute approximate surface area is 131 Å². The van der Waals surface area contributed by atoms with Crippen molar-refractivity contribution in [3.63, 3.8) is 0 Å². The predicted octanol–water partition coefficient (Wildman–Crippen LogP) is 3.13. The first-order valence-electron chi connectivity index (χ1n) is 6.17. The van der Waals surface area contributed by atoms with Crippen LogP contribution in [0.3, 0.4) is 0 Å². The number of pyridine rings is 1. The normalized spacial score (nSPS) is 9.76. The minimum absolute atomic E-state index is 0.138. The summed E-state index contributed by atoms with van der Waals surface area (Å²) in [7, 11) is 1.71. The minimum Gasteiger partial charge on any atom is -0.481 e. The number of anilines is 1. The first-order chi connectivity index (χ1) is 10.1. The fourth-order valence-corrected chi connectivity index (χ4v) is 2.10. The van der Waals surface area contributed by atoms with Gasteiger partial charge in [-0.05, 0) is 46.3 Å². The van der Waals surface area contributed by atoms with E-state index >= 15 is 0 Å². The molecular formula is C16H13BrN2O2. The average molecular weight is 345 g/mol. The number of hydrogen-bond acceptors (Lipinski definition) is 3. The highest BCUT2D eigenvalue weighted by molar-refractivity contribution is 9.10. The number of nitrogens with zero attached hydrogens (tertiary/aromatic N) is 2. The number of amides is 1. The van der Waals surface area contributed by atoms with Gasteiger partial charge in [-0.25, -0.2) is 0 Å². The van der Waals surface area contributed by atoms with E-state index in [4.69, 9.17) is 11.2 Å². The molecule has 1 aromatic carbocycles. The highest BCUT2D eigenvalue weighted by atomic mass is 79.9. The van der Waals surface area contributed by atoms with Gasteiger partial charge in [0.15, 0.2) is 0 Å². The molecule has 0 saturated carbocycles. The van der Waals surface area contributed by atoms with Gasteiger partial charge in [-0.1, -0.05) is 5.92 Å². The summed E-state index contributed by atoms with van der Waals surface area (Å²) in [5.74, 6) is 2.93. The zero-order valence-electron chi connectivity index (χ0n) is 11.4. The number of hydrogen-bond donors (Lipinski definition) is 0. The van der Waals surface area contributed by atoms with E-state index in [1.807, 2.05) is 0 Å². The molecule has 0 N–H and O–H groups in total. The van der Waals surface area contributed by atoms with Crippen molar-refractivity contribution >= 4 is 27.5 Å². The third kappa shape index (κ3) is 3.83. The third-order valence-corrected chi connectivity index (χ3v) is 3.24. The monoisotopic (exact) mass is 344 g/mol. The molecule has 0 bridgehead atoms. The Kier molecular flexibility index (Phi) is 4.96. The molecule has 0 aliphatic heterocycles. The molecule has 21 heavy (non-hydrogen) atoms. The van der Waals surface area contributed by atoms with Gasteiger partial charge in [0, 0.05) is 29.6 Å². The van der Waals surface area contributed by atoms with Crippen LogP contribution < -0.4 is 9.64 Å². The van der Waals surface area contributed by atoms with Crippen LogP contribution in [-0.2, 0) is 0 Å². The Morgan fingerprint density at radius 1 is 1.38 bits per heavy atom. The maximum absolute atomic E-state index is 12.4. The van der Waals surface area contributed by atoms with Crippen LogP contribution in [0, 0.1) is 12.3 Å². The zero-order chi connectivity index (χ0) is 15.2. The molecule has 0 atom stereocenters. The van der Waals surface area contributed by atoms with Crippen molar-refractivity contribution < 1.29 is 9.53 Å². The topological polar surface area (TPSA) is 42.4 Å². The van der Waals surface area contributed by atoms with Crippen molar-refractivity contribution in [2.24, 2.45) is 0 Å². The number of aromatic nitrogens is 1. The molecule has 0 saturated heterocycles. The van der Waals surface area contributed by atoms with E-state index < -0.39 is 0 Å². The zero-order valence-corrected chi connectivity index (χ0v) is 13.0. The molecule has 1 aromatic heterocycles. The lowest BCUT2D eigenvalue weighted by Gasteiger charge is -2.17. The van der Waals surface area contributed by atoms with Crippen molar-refractivity contribution in [3.8, 4) is 18.1 Å². The fourth-order valence-electron chi connectivity index (χ4n) is 1.73. The Balaban J connectivity index is 2.14. The second-order valence-corrected chi connectivity index (χ2v) is 5.16. The summed E-state index contributed by atoms with van der Waals surface area (Å²) in [5.41, 5.74) is 1.27. The number of benzene rings is 1. The van der Waals surface area contributed by atoms with Crippen LogP contribution in [0.1, 0.15) is 10.4 Å². The van der Waals surface area contributed by atoms with Gasteiger partial charge in [-0.15, -0.1) is 6.42 Å². The quantitative estimate of drug-likeness (QED) is 0.800. The van der Waals surface area contributed by atoms with Crippen LogP contribution in [0.2, 0.25) is 0 Å². The summed E-state index contributed by atoms with van der Waals surface area (Å²) in [6.45, 7) is 0.220. The van der Waals surface area contributed by atoms with Crippen LogP contribution in [-0.4, -0.2) is 24.5 Å². The Morgan fingerprint density at radius 3 is 2.71 bits per heavy atom. The molecule has 106 valence electrons. The second-order valence-electron chi connectivity index (χ2n) is 4.24. The van der Waals surface area contributed by atoms with Crippen molar-refractivity contribution in [3.05, 3.63) is 52.8 Å². The number of ether oxygens (including phenoxy) is 1. The van der Waals surface area contributed by atoms with Crippen molar-refractivity contribution in [2.45, 2.75) is 0 Å². The van der Waals surface area contributed by atoms with E-state index in [2.05, 4.69) is 26.8 Å². The Hall–Kier alpha value is -2.32. The molecule has 4 nitrogen and oxygen atoms in total. The molecule has 0 fully saturated rings. The summed E-state index contributed by atoms with van der Waals surface area (Å²) in [5, 5.41) is 0. The third-order valence-electron chi connectivity index (χ3n) is 2.80. The molecule has 0 spiro atoms. The van der Waals surface area contributed by atoms with Gasteiger partial charge in [-0.2, -0.15) is 0 Å². The smallest absolute Gasteiger partial charge is 0.259 e. The predicted molar refractivity (Wildman–Crippen MR) is 85.4 cm³/mol. The SMILES string of the molecule is C#CCOc1ccc(N(C)C(=O)c2cncc(Br)c2)cc1. The lowest BCUT2D eigenvalue weighted by Crippen LogP contribution is -2.26. The molecule has 2 aromatic rings. The molecule has 1 heterocycles. The van der Waals surface area contributed by atoms with Crippen molar-refractivity contribution in [1.29, 1.82) is 0 Å². The highest BCUT2D eigenvalue weighted by Gasteiger charge is 2.14. The Bertz CT molecular complexity index is 677. The number of halogens is 1. The summed E-state index contributed by atoms with van der Waals surface area (Å²) in [6, 6.07) is 8.88. The first kappa shape index (κ1) is 15.1. The number of carbonyl (C=O) groups is 1. The van der Waals surface area contributed by atoms with E-state index in [1.165, 1.54) is 6.20 Å². The second kappa shape index (κ2) is 6.91. The molecule has 0 unspecified atom stereocenters. The van der Waals surface area contributed by atoms with Gasteiger partial charge in [0.05, 0.1) is 5.56 Å². The molecule has 0 aliphatic rings. The summed E-state index contributed by atoms with van der Waals surface area (Å²) < 4.78 is 6.06. The van der Waals surface area contributed by atoms with E-state index in [-0.39, 0.29) is 12.5 Å². The summed E-state index contributed by atoms with van der Waals surface area (Å²) >= 11 is 3.30. The lowest BCUT2D eigenvalue weighted by atomic mass is 10.2. The van der Waals surface area contributed by atoms with Gasteiger partial charge in [-0.3, -0.25) is 9.78 Å². The van der Waals surface area contributed by atoms with Gasteiger partial charge >= 0.3 is 0 Å². The minimum atomic E-state index is -0.138. The molecule has 0 radical (unpaired) electrons. The first-order valence-corrected chi connectivity index (χ1v) is 6.96. The molecule has 5 heteroatoms. The summed E-state index contributed by atoms with van der Waals surface area (Å²) in [4.78, 5) is 17.9. The number of carbonyl (C=O) groups excluding carboxylic acids is 1. The standard InChI is InChI=1S/C16H13BrN2O2/c1-3-8-21-15-6-4-14(5-7-15)19(2)16(20)12-9-13(17)11-18-10-12/h1,4-7,9-11H,8H2,2H3. The fraction of sp³-hybridized carbons (Fsp3) is 0.125. The lowest BCUT2D eigenvalue weighted by molar-refractivity contribution is 0.0992. The van der Waals surface area contributed by atoms with E-state index in [0.29, 0.717) is 11.3 Å². The highest BCUT2D eigenvalue weighted by Crippen LogP contribution is 2.20. The number of rotatable bonds is 4. The van der Waals surface area contributed by atoms with E-state index in [9.17, 15) is 4.79 Å². The largest absolute Gasteiger partial charge is 0.481 e. The summed E-state index contributed by atoms with van der Waals surface area (Å²) in [6.07, 6.45) is 8.30. The van der Waals surface area contributed by atoms with Crippen LogP contribution in [0.4, 0.5) is 5.69 Å². The maximum Gasteiger partial charge on any atom is 0.259 e. The van der Waals surface area contributed by atoms with E-state index in [0.717, 1.165) is 10.2 Å². The average Bonchev–Trinajstić information content (AvgIpc) is 2.52. The molecule has 0 aliphatic carbocycles. The van der Waals surface area contributed by atoms with Gasteiger partial charge < -0.3 is 9.64 Å². The Morgan fingerprint density at radius 2 is 2.10 bits per heavy atom. The maximum atomic E-state index is 12.4. The van der Waals surface area contributed by atoms with Crippen LogP contribution >= 0.6 is 15.9 Å².